The van der Waals surface area contributed by atoms with E-state index < -0.39 is 10.0 Å². The van der Waals surface area contributed by atoms with Crippen molar-refractivity contribution in [3.05, 3.63) is 18.3 Å². The zero-order valence-corrected chi connectivity index (χ0v) is 13.0. The highest BCUT2D eigenvalue weighted by Gasteiger charge is 2.21. The van der Waals surface area contributed by atoms with Crippen LogP contribution >= 0.6 is 0 Å². The van der Waals surface area contributed by atoms with Crippen LogP contribution in [0.4, 0.5) is 5.82 Å². The Balaban J connectivity index is 2.86. The Kier molecular flexibility index (Phi) is 6.90. The number of aromatic nitrogens is 1. The number of nitrogens with zero attached hydrogens (tertiary/aromatic N) is 1. The van der Waals surface area contributed by atoms with Crippen LogP contribution in [0.3, 0.4) is 0 Å². The highest BCUT2D eigenvalue weighted by atomic mass is 32.2. The SMILES string of the molecule is CCCNc1ncccc1S(=O)(=O)NC(C)COCC. The molecule has 1 aromatic rings. The van der Waals surface area contributed by atoms with E-state index in [1.54, 1.807) is 25.3 Å². The predicted octanol–water partition coefficient (Wildman–Crippen LogP) is 1.61. The van der Waals surface area contributed by atoms with Crippen molar-refractivity contribution in [3.8, 4) is 0 Å². The first kappa shape index (κ1) is 16.9. The van der Waals surface area contributed by atoms with Gasteiger partial charge in [0.2, 0.25) is 10.0 Å². The van der Waals surface area contributed by atoms with Crippen LogP contribution in [-0.4, -0.2) is 39.2 Å². The maximum Gasteiger partial charge on any atom is 0.244 e. The van der Waals surface area contributed by atoms with Crippen LogP contribution in [0.25, 0.3) is 0 Å². The summed E-state index contributed by atoms with van der Waals surface area (Å²) in [6, 6.07) is 2.86. The van der Waals surface area contributed by atoms with E-state index >= 15 is 0 Å². The van der Waals surface area contributed by atoms with Gasteiger partial charge in [-0.2, -0.15) is 0 Å². The third-order valence-electron chi connectivity index (χ3n) is 2.53. The van der Waals surface area contributed by atoms with Gasteiger partial charge in [0.05, 0.1) is 6.61 Å². The molecule has 0 amide bonds. The number of hydrogen-bond donors (Lipinski definition) is 2. The molecule has 0 aliphatic carbocycles. The minimum Gasteiger partial charge on any atom is -0.380 e. The summed E-state index contributed by atoms with van der Waals surface area (Å²) in [5.74, 6) is 0.380. The molecule has 1 atom stereocenters. The van der Waals surface area contributed by atoms with Gasteiger partial charge in [0, 0.05) is 25.4 Å². The molecule has 114 valence electrons. The quantitative estimate of drug-likeness (QED) is 0.724. The molecular formula is C13H23N3O3S. The van der Waals surface area contributed by atoms with Crippen LogP contribution < -0.4 is 10.0 Å². The summed E-state index contributed by atoms with van der Waals surface area (Å²) < 4.78 is 32.5. The fraction of sp³-hybridized carbons (Fsp3) is 0.615. The summed E-state index contributed by atoms with van der Waals surface area (Å²) in [6.07, 6.45) is 2.46. The molecule has 0 radical (unpaired) electrons. The fourth-order valence-corrected chi connectivity index (χ4v) is 3.00. The Morgan fingerprint density at radius 2 is 2.15 bits per heavy atom. The molecule has 1 rings (SSSR count). The maximum atomic E-state index is 12.3. The minimum atomic E-state index is -3.61. The monoisotopic (exact) mass is 301 g/mol. The van der Waals surface area contributed by atoms with Crippen molar-refractivity contribution >= 4 is 15.8 Å². The van der Waals surface area contributed by atoms with Crippen molar-refractivity contribution in [1.82, 2.24) is 9.71 Å². The number of sulfonamides is 1. The summed E-state index contributed by atoms with van der Waals surface area (Å²) in [5.41, 5.74) is 0. The normalized spacial score (nSPS) is 13.2. The standard InChI is InChI=1S/C13H23N3O3S/c1-4-8-14-13-12(7-6-9-15-13)20(17,18)16-11(3)10-19-5-2/h6-7,9,11,16H,4-5,8,10H2,1-3H3,(H,14,15). The van der Waals surface area contributed by atoms with Gasteiger partial charge in [-0.05, 0) is 32.4 Å². The molecule has 1 heterocycles. The first-order valence-electron chi connectivity index (χ1n) is 6.80. The topological polar surface area (TPSA) is 80.3 Å². The molecule has 1 unspecified atom stereocenters. The lowest BCUT2D eigenvalue weighted by molar-refractivity contribution is 0.133. The smallest absolute Gasteiger partial charge is 0.244 e. The van der Waals surface area contributed by atoms with Gasteiger partial charge in [-0.15, -0.1) is 0 Å². The lowest BCUT2D eigenvalue weighted by Gasteiger charge is -2.16. The number of rotatable bonds is 9. The van der Waals surface area contributed by atoms with Gasteiger partial charge in [-0.1, -0.05) is 6.92 Å². The second-order valence-electron chi connectivity index (χ2n) is 4.46. The Labute approximate surface area is 121 Å². The Morgan fingerprint density at radius 1 is 1.40 bits per heavy atom. The summed E-state index contributed by atoms with van der Waals surface area (Å²) in [7, 11) is -3.61. The average Bonchev–Trinajstić information content (AvgIpc) is 2.42. The third-order valence-corrected chi connectivity index (χ3v) is 4.15. The van der Waals surface area contributed by atoms with E-state index in [-0.39, 0.29) is 10.9 Å². The first-order chi connectivity index (χ1) is 9.51. The molecule has 0 aromatic carbocycles. The van der Waals surface area contributed by atoms with E-state index in [9.17, 15) is 8.42 Å². The molecule has 2 N–H and O–H groups in total. The molecule has 0 saturated carbocycles. The molecule has 1 aromatic heterocycles. The number of anilines is 1. The van der Waals surface area contributed by atoms with Crippen LogP contribution in [0, 0.1) is 0 Å². The summed E-state index contributed by atoms with van der Waals surface area (Å²) in [5, 5.41) is 3.02. The lowest BCUT2D eigenvalue weighted by Crippen LogP contribution is -2.36. The van der Waals surface area contributed by atoms with E-state index in [2.05, 4.69) is 15.0 Å². The van der Waals surface area contributed by atoms with Gasteiger partial charge >= 0.3 is 0 Å². The molecule has 0 bridgehead atoms. The molecule has 6 nitrogen and oxygen atoms in total. The van der Waals surface area contributed by atoms with Crippen molar-refractivity contribution in [1.29, 1.82) is 0 Å². The minimum absolute atomic E-state index is 0.164. The maximum absolute atomic E-state index is 12.3. The second-order valence-corrected chi connectivity index (χ2v) is 6.14. The van der Waals surface area contributed by atoms with E-state index in [4.69, 9.17) is 4.74 Å². The number of ether oxygens (including phenoxy) is 1. The first-order valence-corrected chi connectivity index (χ1v) is 8.28. The Morgan fingerprint density at radius 3 is 2.80 bits per heavy atom. The summed E-state index contributed by atoms with van der Waals surface area (Å²) >= 11 is 0. The van der Waals surface area contributed by atoms with Crippen molar-refractivity contribution in [2.75, 3.05) is 25.1 Å². The second kappa shape index (κ2) is 8.18. The molecule has 0 aliphatic heterocycles. The summed E-state index contributed by atoms with van der Waals surface area (Å²) in [4.78, 5) is 4.25. The number of hydrogen-bond acceptors (Lipinski definition) is 5. The predicted molar refractivity (Wildman–Crippen MR) is 79.3 cm³/mol. The fourth-order valence-electron chi connectivity index (χ4n) is 1.64. The third kappa shape index (κ3) is 5.07. The highest BCUT2D eigenvalue weighted by Crippen LogP contribution is 2.18. The van der Waals surface area contributed by atoms with Crippen molar-refractivity contribution < 1.29 is 13.2 Å². The van der Waals surface area contributed by atoms with Crippen LogP contribution in [0.15, 0.2) is 23.2 Å². The van der Waals surface area contributed by atoms with Crippen LogP contribution in [-0.2, 0) is 14.8 Å². The van der Waals surface area contributed by atoms with E-state index in [0.717, 1.165) is 6.42 Å². The van der Waals surface area contributed by atoms with E-state index in [1.165, 1.54) is 0 Å². The van der Waals surface area contributed by atoms with Gasteiger partial charge in [0.25, 0.3) is 0 Å². The van der Waals surface area contributed by atoms with Gasteiger partial charge in [0.1, 0.15) is 10.7 Å². The molecule has 7 heteroatoms. The van der Waals surface area contributed by atoms with Gasteiger partial charge in [-0.25, -0.2) is 18.1 Å². The van der Waals surface area contributed by atoms with Gasteiger partial charge < -0.3 is 10.1 Å². The molecular weight excluding hydrogens is 278 g/mol. The molecule has 20 heavy (non-hydrogen) atoms. The van der Waals surface area contributed by atoms with Crippen LogP contribution in [0.5, 0.6) is 0 Å². The Bertz CT molecular complexity index is 505. The van der Waals surface area contributed by atoms with Gasteiger partial charge in [0.15, 0.2) is 0 Å². The Hall–Kier alpha value is -1.18. The van der Waals surface area contributed by atoms with E-state index in [1.807, 2.05) is 13.8 Å². The highest BCUT2D eigenvalue weighted by molar-refractivity contribution is 7.89. The number of nitrogens with one attached hydrogen (secondary N) is 2. The van der Waals surface area contributed by atoms with Crippen molar-refractivity contribution in [2.45, 2.75) is 38.1 Å². The van der Waals surface area contributed by atoms with Crippen LogP contribution in [0.2, 0.25) is 0 Å². The van der Waals surface area contributed by atoms with Crippen LogP contribution in [0.1, 0.15) is 27.2 Å². The van der Waals surface area contributed by atoms with Crippen molar-refractivity contribution in [2.24, 2.45) is 0 Å². The molecule has 0 fully saturated rings. The van der Waals surface area contributed by atoms with Gasteiger partial charge in [-0.3, -0.25) is 0 Å². The lowest BCUT2D eigenvalue weighted by atomic mass is 10.4. The average molecular weight is 301 g/mol. The zero-order valence-electron chi connectivity index (χ0n) is 12.2. The van der Waals surface area contributed by atoms with E-state index in [0.29, 0.717) is 25.6 Å². The largest absolute Gasteiger partial charge is 0.380 e. The number of pyridine rings is 1. The molecule has 0 spiro atoms. The molecule has 0 aliphatic rings. The summed E-state index contributed by atoms with van der Waals surface area (Å²) in [6.45, 7) is 7.22. The van der Waals surface area contributed by atoms with Crippen molar-refractivity contribution in [3.63, 3.8) is 0 Å². The zero-order chi connectivity index (χ0) is 15.0. The molecule has 0 saturated heterocycles.